The van der Waals surface area contributed by atoms with Crippen molar-refractivity contribution in [2.75, 3.05) is 26.2 Å². The minimum absolute atomic E-state index is 0. The quantitative estimate of drug-likeness (QED) is 0.852. The van der Waals surface area contributed by atoms with E-state index in [0.717, 1.165) is 49.0 Å². The molecular formula is C17H22ClN3OS. The van der Waals surface area contributed by atoms with Gasteiger partial charge in [0.1, 0.15) is 5.01 Å². The van der Waals surface area contributed by atoms with Crippen molar-refractivity contribution in [3.05, 3.63) is 51.5 Å². The highest BCUT2D eigenvalue weighted by Gasteiger charge is 2.22. The predicted molar refractivity (Wildman–Crippen MR) is 96.5 cm³/mol. The van der Waals surface area contributed by atoms with Crippen LogP contribution in [0.4, 0.5) is 0 Å². The maximum absolute atomic E-state index is 12.5. The summed E-state index contributed by atoms with van der Waals surface area (Å²) in [7, 11) is 0. The Labute approximate surface area is 147 Å². The number of aromatic nitrogens is 1. The van der Waals surface area contributed by atoms with Gasteiger partial charge in [0.2, 0.25) is 0 Å². The first-order valence-corrected chi connectivity index (χ1v) is 8.49. The number of piperazine rings is 1. The molecule has 0 atom stereocenters. The van der Waals surface area contributed by atoms with Crippen molar-refractivity contribution >= 4 is 29.7 Å². The number of amides is 1. The van der Waals surface area contributed by atoms with Gasteiger partial charge in [-0.15, -0.1) is 23.7 Å². The third kappa shape index (κ3) is 4.53. The molecule has 0 bridgehead atoms. The SMILES string of the molecule is Cc1ccc(C(=O)N2CCN(Cc3nc(C)cs3)CC2)cc1.Cl. The molecule has 124 valence electrons. The molecule has 0 saturated carbocycles. The molecule has 0 aliphatic carbocycles. The van der Waals surface area contributed by atoms with E-state index in [-0.39, 0.29) is 18.3 Å². The van der Waals surface area contributed by atoms with Gasteiger partial charge in [0.05, 0.1) is 6.54 Å². The molecule has 1 amide bonds. The summed E-state index contributed by atoms with van der Waals surface area (Å²) >= 11 is 1.72. The maximum atomic E-state index is 12.5. The van der Waals surface area contributed by atoms with Crippen molar-refractivity contribution < 1.29 is 4.79 Å². The van der Waals surface area contributed by atoms with Crippen LogP contribution in [0.5, 0.6) is 0 Å². The Morgan fingerprint density at radius 1 is 1.13 bits per heavy atom. The Morgan fingerprint density at radius 3 is 2.35 bits per heavy atom. The molecule has 1 aliphatic rings. The van der Waals surface area contributed by atoms with Crippen LogP contribution in [-0.4, -0.2) is 46.9 Å². The molecule has 2 heterocycles. The molecule has 0 N–H and O–H groups in total. The van der Waals surface area contributed by atoms with Crippen molar-refractivity contribution in [2.45, 2.75) is 20.4 Å². The minimum atomic E-state index is 0. The molecule has 4 nitrogen and oxygen atoms in total. The van der Waals surface area contributed by atoms with Gasteiger partial charge in [-0.05, 0) is 26.0 Å². The van der Waals surface area contributed by atoms with E-state index in [4.69, 9.17) is 0 Å². The highest BCUT2D eigenvalue weighted by atomic mass is 35.5. The largest absolute Gasteiger partial charge is 0.336 e. The lowest BCUT2D eigenvalue weighted by Gasteiger charge is -2.34. The van der Waals surface area contributed by atoms with E-state index in [1.165, 1.54) is 5.56 Å². The van der Waals surface area contributed by atoms with E-state index < -0.39 is 0 Å². The Bertz CT molecular complexity index is 648. The summed E-state index contributed by atoms with van der Waals surface area (Å²) in [5.74, 6) is 0.143. The topological polar surface area (TPSA) is 36.4 Å². The first kappa shape index (κ1) is 17.9. The molecule has 1 saturated heterocycles. The molecule has 1 aliphatic heterocycles. The number of carbonyl (C=O) groups excluding carboxylic acids is 1. The average molecular weight is 352 g/mol. The molecule has 23 heavy (non-hydrogen) atoms. The normalized spacial score (nSPS) is 15.3. The van der Waals surface area contributed by atoms with Crippen LogP contribution in [0.2, 0.25) is 0 Å². The maximum Gasteiger partial charge on any atom is 0.253 e. The number of halogens is 1. The summed E-state index contributed by atoms with van der Waals surface area (Å²) in [5.41, 5.74) is 3.06. The van der Waals surface area contributed by atoms with Crippen molar-refractivity contribution in [3.63, 3.8) is 0 Å². The summed E-state index contributed by atoms with van der Waals surface area (Å²) in [6.07, 6.45) is 0. The second-order valence-electron chi connectivity index (χ2n) is 5.82. The Balaban J connectivity index is 0.00000192. The Kier molecular flexibility index (Phi) is 6.16. The first-order chi connectivity index (χ1) is 10.6. The number of benzene rings is 1. The summed E-state index contributed by atoms with van der Waals surface area (Å²) in [6.45, 7) is 8.36. The molecule has 3 rings (SSSR count). The Morgan fingerprint density at radius 2 is 1.78 bits per heavy atom. The molecular weight excluding hydrogens is 330 g/mol. The van der Waals surface area contributed by atoms with Gasteiger partial charge < -0.3 is 4.90 Å². The fourth-order valence-electron chi connectivity index (χ4n) is 2.65. The molecule has 6 heteroatoms. The van der Waals surface area contributed by atoms with E-state index in [1.54, 1.807) is 11.3 Å². The van der Waals surface area contributed by atoms with Crippen LogP contribution in [0.1, 0.15) is 26.6 Å². The number of hydrogen-bond acceptors (Lipinski definition) is 4. The van der Waals surface area contributed by atoms with E-state index in [0.29, 0.717) is 0 Å². The zero-order chi connectivity index (χ0) is 15.5. The summed E-state index contributed by atoms with van der Waals surface area (Å²) in [6, 6.07) is 7.83. The van der Waals surface area contributed by atoms with Crippen LogP contribution < -0.4 is 0 Å². The smallest absolute Gasteiger partial charge is 0.253 e. The van der Waals surface area contributed by atoms with E-state index in [1.807, 2.05) is 43.0 Å². The van der Waals surface area contributed by atoms with Gasteiger partial charge in [0.15, 0.2) is 0 Å². The van der Waals surface area contributed by atoms with Crippen LogP contribution in [-0.2, 0) is 6.54 Å². The van der Waals surface area contributed by atoms with Gasteiger partial charge >= 0.3 is 0 Å². The molecule has 1 aromatic carbocycles. The molecule has 0 radical (unpaired) electrons. The molecule has 0 unspecified atom stereocenters. The summed E-state index contributed by atoms with van der Waals surface area (Å²) < 4.78 is 0. The van der Waals surface area contributed by atoms with Gasteiger partial charge in [-0.3, -0.25) is 9.69 Å². The number of thiazole rings is 1. The van der Waals surface area contributed by atoms with E-state index in [9.17, 15) is 4.79 Å². The van der Waals surface area contributed by atoms with Crippen molar-refractivity contribution in [2.24, 2.45) is 0 Å². The van der Waals surface area contributed by atoms with Crippen LogP contribution in [0.25, 0.3) is 0 Å². The fourth-order valence-corrected chi connectivity index (χ4v) is 3.47. The van der Waals surface area contributed by atoms with Crippen LogP contribution in [0.3, 0.4) is 0 Å². The van der Waals surface area contributed by atoms with Gasteiger partial charge in [-0.2, -0.15) is 0 Å². The highest BCUT2D eigenvalue weighted by molar-refractivity contribution is 7.09. The number of nitrogens with zero attached hydrogens (tertiary/aromatic N) is 3. The minimum Gasteiger partial charge on any atom is -0.336 e. The average Bonchev–Trinajstić information content (AvgIpc) is 2.93. The van der Waals surface area contributed by atoms with Crippen molar-refractivity contribution in [1.29, 1.82) is 0 Å². The van der Waals surface area contributed by atoms with Crippen LogP contribution in [0, 0.1) is 13.8 Å². The van der Waals surface area contributed by atoms with Gasteiger partial charge in [-0.1, -0.05) is 17.7 Å². The van der Waals surface area contributed by atoms with Gasteiger partial charge in [-0.25, -0.2) is 4.98 Å². The van der Waals surface area contributed by atoms with Crippen LogP contribution >= 0.6 is 23.7 Å². The first-order valence-electron chi connectivity index (χ1n) is 7.61. The monoisotopic (exact) mass is 351 g/mol. The number of carbonyl (C=O) groups is 1. The predicted octanol–water partition coefficient (Wildman–Crippen LogP) is 3.14. The lowest BCUT2D eigenvalue weighted by atomic mass is 10.1. The lowest BCUT2D eigenvalue weighted by molar-refractivity contribution is 0.0628. The summed E-state index contributed by atoms with van der Waals surface area (Å²) in [4.78, 5) is 21.3. The van der Waals surface area contributed by atoms with Crippen LogP contribution in [0.15, 0.2) is 29.6 Å². The molecule has 1 fully saturated rings. The van der Waals surface area contributed by atoms with Crippen molar-refractivity contribution in [3.8, 4) is 0 Å². The third-order valence-electron chi connectivity index (χ3n) is 3.98. The standard InChI is InChI=1S/C17H21N3OS.ClH/c1-13-3-5-15(6-4-13)17(21)20-9-7-19(8-10-20)11-16-18-14(2)12-22-16;/h3-6,12H,7-11H2,1-2H3;1H. The van der Waals surface area contributed by atoms with E-state index >= 15 is 0 Å². The number of hydrogen-bond donors (Lipinski definition) is 0. The van der Waals surface area contributed by atoms with E-state index in [2.05, 4.69) is 15.3 Å². The molecule has 0 spiro atoms. The highest BCUT2D eigenvalue weighted by Crippen LogP contribution is 2.15. The summed E-state index contributed by atoms with van der Waals surface area (Å²) in [5, 5.41) is 3.25. The zero-order valence-corrected chi connectivity index (χ0v) is 15.1. The zero-order valence-electron chi connectivity index (χ0n) is 13.5. The fraction of sp³-hybridized carbons (Fsp3) is 0.412. The molecule has 1 aromatic heterocycles. The molecule has 2 aromatic rings. The number of rotatable bonds is 3. The van der Waals surface area contributed by atoms with Gasteiger partial charge in [0, 0.05) is 42.8 Å². The second kappa shape index (κ2) is 7.90. The second-order valence-corrected chi connectivity index (χ2v) is 6.76. The number of aryl methyl sites for hydroxylation is 2. The Hall–Kier alpha value is -1.43. The van der Waals surface area contributed by atoms with Gasteiger partial charge in [0.25, 0.3) is 5.91 Å². The lowest BCUT2D eigenvalue weighted by Crippen LogP contribution is -2.48. The third-order valence-corrected chi connectivity index (χ3v) is 4.93. The van der Waals surface area contributed by atoms with Crippen molar-refractivity contribution in [1.82, 2.24) is 14.8 Å².